The summed E-state index contributed by atoms with van der Waals surface area (Å²) in [5.41, 5.74) is 0.791. The summed E-state index contributed by atoms with van der Waals surface area (Å²) in [6.07, 6.45) is 0.586. The van der Waals surface area contributed by atoms with Crippen LogP contribution in [-0.2, 0) is 0 Å². The van der Waals surface area contributed by atoms with Crippen LogP contribution >= 0.6 is 15.9 Å². The number of nitrogens with one attached hydrogen (secondary N) is 1. The fraction of sp³-hybridized carbons (Fsp3) is 0.500. The predicted molar refractivity (Wildman–Crippen MR) is 77.0 cm³/mol. The topological polar surface area (TPSA) is 32.3 Å². The van der Waals surface area contributed by atoms with E-state index in [0.29, 0.717) is 12.5 Å². The maximum absolute atomic E-state index is 12.2. The first-order valence-corrected chi connectivity index (χ1v) is 7.20. The molecule has 1 atom stereocenters. The molecule has 0 bridgehead atoms. The number of Topliss-reactive ketones (excluding diaryl/α,β-unsaturated/α-hetero) is 1. The Labute approximate surface area is 117 Å². The fourth-order valence-corrected chi connectivity index (χ4v) is 2.82. The van der Waals surface area contributed by atoms with E-state index >= 15 is 0 Å². The molecule has 1 aromatic carbocycles. The number of nitrogens with zero attached hydrogens (tertiary/aromatic N) is 1. The first-order valence-electron chi connectivity index (χ1n) is 6.41. The van der Waals surface area contributed by atoms with Gasteiger partial charge in [-0.3, -0.25) is 9.69 Å². The second kappa shape index (κ2) is 6.45. The van der Waals surface area contributed by atoms with Crippen molar-refractivity contribution in [3.63, 3.8) is 0 Å². The first-order chi connectivity index (χ1) is 8.68. The van der Waals surface area contributed by atoms with Gasteiger partial charge in [0, 0.05) is 48.7 Å². The minimum absolute atomic E-state index is 0.216. The van der Waals surface area contributed by atoms with Crippen LogP contribution in [0.15, 0.2) is 28.7 Å². The molecule has 18 heavy (non-hydrogen) atoms. The van der Waals surface area contributed by atoms with Gasteiger partial charge in [-0.25, -0.2) is 0 Å². The van der Waals surface area contributed by atoms with Gasteiger partial charge in [-0.15, -0.1) is 0 Å². The first kappa shape index (κ1) is 13.7. The monoisotopic (exact) mass is 310 g/mol. The van der Waals surface area contributed by atoms with E-state index in [2.05, 4.69) is 33.1 Å². The lowest BCUT2D eigenvalue weighted by Crippen LogP contribution is -2.48. The van der Waals surface area contributed by atoms with Crippen LogP contribution in [0.3, 0.4) is 0 Å². The lowest BCUT2D eigenvalue weighted by molar-refractivity contribution is 0.0917. The number of piperazine rings is 1. The van der Waals surface area contributed by atoms with Crippen molar-refractivity contribution in [3.8, 4) is 0 Å². The SMILES string of the molecule is CC(CC(=O)c1ccccc1Br)N1CCNCC1. The molecule has 1 aliphatic rings. The maximum Gasteiger partial charge on any atom is 0.165 e. The number of rotatable bonds is 4. The van der Waals surface area contributed by atoms with E-state index in [9.17, 15) is 4.79 Å². The molecule has 1 aromatic rings. The number of hydrogen-bond acceptors (Lipinski definition) is 3. The molecule has 1 heterocycles. The Morgan fingerprint density at radius 2 is 2.06 bits per heavy atom. The Morgan fingerprint density at radius 3 is 2.72 bits per heavy atom. The van der Waals surface area contributed by atoms with E-state index in [1.165, 1.54) is 0 Å². The molecule has 1 saturated heterocycles. The maximum atomic E-state index is 12.2. The second-order valence-electron chi connectivity index (χ2n) is 4.74. The van der Waals surface area contributed by atoms with Crippen LogP contribution < -0.4 is 5.32 Å². The lowest BCUT2D eigenvalue weighted by atomic mass is 10.0. The molecular weight excluding hydrogens is 292 g/mol. The molecule has 1 N–H and O–H groups in total. The third-order valence-corrected chi connectivity index (χ3v) is 4.12. The molecule has 1 unspecified atom stereocenters. The van der Waals surface area contributed by atoms with Gasteiger partial charge < -0.3 is 5.32 Å². The number of hydrogen-bond donors (Lipinski definition) is 1. The zero-order valence-electron chi connectivity index (χ0n) is 10.7. The Balaban J connectivity index is 1.96. The van der Waals surface area contributed by atoms with Crippen molar-refractivity contribution in [2.75, 3.05) is 26.2 Å². The molecular formula is C14H19BrN2O. The predicted octanol–water partition coefficient (Wildman–Crippen LogP) is 2.32. The van der Waals surface area contributed by atoms with Crippen molar-refractivity contribution in [2.45, 2.75) is 19.4 Å². The van der Waals surface area contributed by atoms with Crippen molar-refractivity contribution < 1.29 is 4.79 Å². The molecule has 1 fully saturated rings. The van der Waals surface area contributed by atoms with Crippen molar-refractivity contribution in [1.82, 2.24) is 10.2 Å². The average molecular weight is 311 g/mol. The Morgan fingerprint density at radius 1 is 1.39 bits per heavy atom. The zero-order chi connectivity index (χ0) is 13.0. The molecule has 0 radical (unpaired) electrons. The summed E-state index contributed by atoms with van der Waals surface area (Å²) in [7, 11) is 0. The molecule has 0 spiro atoms. The van der Waals surface area contributed by atoms with Crippen LogP contribution in [-0.4, -0.2) is 42.9 Å². The number of halogens is 1. The van der Waals surface area contributed by atoms with Crippen LogP contribution in [0.4, 0.5) is 0 Å². The van der Waals surface area contributed by atoms with Gasteiger partial charge in [-0.2, -0.15) is 0 Å². The fourth-order valence-electron chi connectivity index (χ4n) is 2.32. The van der Waals surface area contributed by atoms with Gasteiger partial charge in [0.1, 0.15) is 0 Å². The Bertz CT molecular complexity index is 416. The summed E-state index contributed by atoms with van der Waals surface area (Å²) in [6, 6.07) is 7.96. The minimum atomic E-state index is 0.216. The normalized spacial score (nSPS) is 18.6. The summed E-state index contributed by atoms with van der Waals surface area (Å²) < 4.78 is 0.891. The number of carbonyl (C=O) groups excluding carboxylic acids is 1. The highest BCUT2D eigenvalue weighted by Gasteiger charge is 2.20. The van der Waals surface area contributed by atoms with Gasteiger partial charge in [0.05, 0.1) is 0 Å². The summed E-state index contributed by atoms with van der Waals surface area (Å²) in [4.78, 5) is 14.6. The third kappa shape index (κ3) is 3.40. The summed E-state index contributed by atoms with van der Waals surface area (Å²) in [5.74, 6) is 0.216. The van der Waals surface area contributed by atoms with E-state index in [-0.39, 0.29) is 5.78 Å². The average Bonchev–Trinajstić information content (AvgIpc) is 2.40. The smallest absolute Gasteiger partial charge is 0.165 e. The Kier molecular flexibility index (Phi) is 4.92. The molecule has 3 nitrogen and oxygen atoms in total. The molecule has 2 rings (SSSR count). The van der Waals surface area contributed by atoms with Crippen molar-refractivity contribution in [3.05, 3.63) is 34.3 Å². The second-order valence-corrected chi connectivity index (χ2v) is 5.60. The van der Waals surface area contributed by atoms with Crippen molar-refractivity contribution in [2.24, 2.45) is 0 Å². The molecule has 0 amide bonds. The highest BCUT2D eigenvalue weighted by molar-refractivity contribution is 9.10. The molecule has 1 aliphatic heterocycles. The standard InChI is InChI=1S/C14H19BrN2O/c1-11(17-8-6-16-7-9-17)10-14(18)12-4-2-3-5-13(12)15/h2-5,11,16H,6-10H2,1H3. The number of ketones is 1. The quantitative estimate of drug-likeness (QED) is 0.866. The molecule has 0 aliphatic carbocycles. The Hall–Kier alpha value is -0.710. The van der Waals surface area contributed by atoms with E-state index in [1.54, 1.807) is 0 Å². The van der Waals surface area contributed by atoms with Gasteiger partial charge in [0.25, 0.3) is 0 Å². The van der Waals surface area contributed by atoms with E-state index in [0.717, 1.165) is 36.2 Å². The van der Waals surface area contributed by atoms with Crippen molar-refractivity contribution >= 4 is 21.7 Å². The van der Waals surface area contributed by atoms with E-state index < -0.39 is 0 Å². The summed E-state index contributed by atoms with van der Waals surface area (Å²) in [6.45, 7) is 6.25. The highest BCUT2D eigenvalue weighted by atomic mass is 79.9. The molecule has 0 aromatic heterocycles. The van der Waals surface area contributed by atoms with Crippen LogP contribution in [0.2, 0.25) is 0 Å². The van der Waals surface area contributed by atoms with Gasteiger partial charge in [-0.05, 0) is 13.0 Å². The van der Waals surface area contributed by atoms with Crippen molar-refractivity contribution in [1.29, 1.82) is 0 Å². The van der Waals surface area contributed by atoms with Crippen LogP contribution in [0.25, 0.3) is 0 Å². The van der Waals surface area contributed by atoms with Crippen LogP contribution in [0.5, 0.6) is 0 Å². The summed E-state index contributed by atoms with van der Waals surface area (Å²) >= 11 is 3.44. The van der Waals surface area contributed by atoms with Gasteiger partial charge in [0.15, 0.2) is 5.78 Å². The molecule has 0 saturated carbocycles. The van der Waals surface area contributed by atoms with Gasteiger partial charge >= 0.3 is 0 Å². The van der Waals surface area contributed by atoms with Gasteiger partial charge in [0.2, 0.25) is 0 Å². The third-order valence-electron chi connectivity index (χ3n) is 3.43. The molecule has 98 valence electrons. The van der Waals surface area contributed by atoms with Gasteiger partial charge in [-0.1, -0.05) is 34.1 Å². The van der Waals surface area contributed by atoms with Crippen LogP contribution in [0, 0.1) is 0 Å². The molecule has 4 heteroatoms. The van der Waals surface area contributed by atoms with Crippen LogP contribution in [0.1, 0.15) is 23.7 Å². The minimum Gasteiger partial charge on any atom is -0.314 e. The van der Waals surface area contributed by atoms with E-state index in [4.69, 9.17) is 0 Å². The number of carbonyl (C=O) groups is 1. The number of benzene rings is 1. The summed E-state index contributed by atoms with van der Waals surface area (Å²) in [5, 5.41) is 3.33. The zero-order valence-corrected chi connectivity index (χ0v) is 12.2. The highest BCUT2D eigenvalue weighted by Crippen LogP contribution is 2.19. The lowest BCUT2D eigenvalue weighted by Gasteiger charge is -2.32. The van der Waals surface area contributed by atoms with E-state index in [1.807, 2.05) is 24.3 Å². The largest absolute Gasteiger partial charge is 0.314 e.